The van der Waals surface area contributed by atoms with Gasteiger partial charge in [-0.1, -0.05) is 20.8 Å². The van der Waals surface area contributed by atoms with Gasteiger partial charge in [-0.05, 0) is 54.2 Å². The maximum absolute atomic E-state index is 15.4. The molecule has 39 heavy (non-hydrogen) atoms. The molecule has 2 N–H and O–H groups in total. The highest BCUT2D eigenvalue weighted by molar-refractivity contribution is 8.93. The molecule has 216 valence electrons. The fraction of sp³-hybridized carbons (Fsp3) is 0.481. The van der Waals surface area contributed by atoms with Crippen molar-refractivity contribution in [3.05, 3.63) is 51.8 Å². The lowest BCUT2D eigenvalue weighted by atomic mass is 9.82. The summed E-state index contributed by atoms with van der Waals surface area (Å²) in [6, 6.07) is 4.88. The van der Waals surface area contributed by atoms with Gasteiger partial charge in [-0.3, -0.25) is 14.8 Å². The van der Waals surface area contributed by atoms with Crippen molar-refractivity contribution in [1.29, 1.82) is 5.41 Å². The molecule has 2 aromatic rings. The Labute approximate surface area is 240 Å². The van der Waals surface area contributed by atoms with Gasteiger partial charge >= 0.3 is 0 Å². The van der Waals surface area contributed by atoms with E-state index in [4.69, 9.17) is 14.9 Å². The molecule has 0 bridgehead atoms. The molecule has 0 fully saturated rings. The van der Waals surface area contributed by atoms with Gasteiger partial charge in [-0.25, -0.2) is 4.39 Å². The highest BCUT2D eigenvalue weighted by Crippen LogP contribution is 2.39. The van der Waals surface area contributed by atoms with E-state index in [9.17, 15) is 17.8 Å². The predicted octanol–water partition coefficient (Wildman–Crippen LogP) is 4.98. The molecule has 2 aromatic carbocycles. The number of Topliss-reactive ketones (excluding diaryl/α,β-unsaturated/α-hetero) is 1. The summed E-state index contributed by atoms with van der Waals surface area (Å²) < 4.78 is 59.6. The van der Waals surface area contributed by atoms with E-state index < -0.39 is 27.1 Å². The van der Waals surface area contributed by atoms with Crippen LogP contribution >= 0.6 is 17.0 Å². The van der Waals surface area contributed by atoms with E-state index in [-0.39, 0.29) is 65.4 Å². The van der Waals surface area contributed by atoms with Crippen molar-refractivity contribution >= 4 is 44.4 Å². The molecule has 12 heteroatoms. The highest BCUT2D eigenvalue weighted by Gasteiger charge is 2.34. The third kappa shape index (κ3) is 7.09. The fourth-order valence-corrected chi connectivity index (χ4v) is 5.31. The lowest BCUT2D eigenvalue weighted by Gasteiger charge is -2.28. The third-order valence-electron chi connectivity index (χ3n) is 6.27. The molecule has 0 amide bonds. The zero-order valence-electron chi connectivity index (χ0n) is 23.3. The van der Waals surface area contributed by atoms with E-state index in [0.29, 0.717) is 34.5 Å². The standard InChI is InChI=1S/C27H36FN3O6S.BrH/c1-8-36-22-12-17-13-31(26(29)23(17)24(28)25(22)37-9-2)14-21(32)16-10-19(27(3,4)5)18(15-38(33,34)35)20(11-16)30(6)7;/h10-12,29H,8-9,13-15H2,1-7H3,(H,33,34,35);1H. The van der Waals surface area contributed by atoms with E-state index in [1.165, 1.54) is 4.90 Å². The van der Waals surface area contributed by atoms with E-state index >= 15 is 4.39 Å². The van der Waals surface area contributed by atoms with Crippen molar-refractivity contribution in [3.8, 4) is 11.5 Å². The Morgan fingerprint density at radius 1 is 1.15 bits per heavy atom. The smallest absolute Gasteiger partial charge is 0.269 e. The number of carbonyl (C=O) groups excluding carboxylic acids is 1. The molecular formula is C27H37BrFN3O6S. The molecule has 0 atom stereocenters. The minimum Gasteiger partial charge on any atom is -0.490 e. The van der Waals surface area contributed by atoms with Gasteiger partial charge in [0, 0.05) is 31.9 Å². The number of anilines is 1. The van der Waals surface area contributed by atoms with Crippen molar-refractivity contribution in [3.63, 3.8) is 0 Å². The van der Waals surface area contributed by atoms with Crippen LogP contribution < -0.4 is 14.4 Å². The number of hydrogen-bond acceptors (Lipinski definition) is 7. The Morgan fingerprint density at radius 2 is 1.77 bits per heavy atom. The molecule has 0 saturated heterocycles. The molecular weight excluding hydrogens is 593 g/mol. The van der Waals surface area contributed by atoms with Crippen LogP contribution in [0.15, 0.2) is 18.2 Å². The first-order chi connectivity index (χ1) is 17.6. The molecule has 0 unspecified atom stereocenters. The normalized spacial score (nSPS) is 13.2. The number of halogens is 2. The first kappa shape index (κ1) is 32.5. The molecule has 0 saturated carbocycles. The van der Waals surface area contributed by atoms with Crippen LogP contribution in [-0.4, -0.2) is 63.3 Å². The van der Waals surface area contributed by atoms with Crippen LogP contribution in [-0.2, 0) is 27.8 Å². The number of ketones is 1. The van der Waals surface area contributed by atoms with Crippen molar-refractivity contribution in [2.45, 2.75) is 52.3 Å². The summed E-state index contributed by atoms with van der Waals surface area (Å²) in [5, 5.41) is 8.60. The lowest BCUT2D eigenvalue weighted by molar-refractivity contribution is 0.0962. The number of fused-ring (bicyclic) bond motifs is 1. The highest BCUT2D eigenvalue weighted by atomic mass is 79.9. The van der Waals surface area contributed by atoms with Crippen molar-refractivity contribution < 1.29 is 31.6 Å². The van der Waals surface area contributed by atoms with E-state index in [0.717, 1.165) is 0 Å². The Kier molecular flexibility index (Phi) is 10.2. The van der Waals surface area contributed by atoms with Gasteiger partial charge in [0.15, 0.2) is 23.1 Å². The average molecular weight is 631 g/mol. The topological polar surface area (TPSA) is 120 Å². The quantitative estimate of drug-likeness (QED) is 0.279. The van der Waals surface area contributed by atoms with Crippen LogP contribution in [0.1, 0.15) is 67.2 Å². The summed E-state index contributed by atoms with van der Waals surface area (Å²) in [6.45, 7) is 9.70. The molecule has 0 aliphatic carbocycles. The fourth-order valence-electron chi connectivity index (χ4n) is 4.64. The molecule has 1 aliphatic rings. The zero-order chi connectivity index (χ0) is 28.6. The molecule has 9 nitrogen and oxygen atoms in total. The molecule has 0 aromatic heterocycles. The molecule has 1 heterocycles. The van der Waals surface area contributed by atoms with Crippen LogP contribution in [0.25, 0.3) is 0 Å². The monoisotopic (exact) mass is 629 g/mol. The second kappa shape index (κ2) is 12.2. The predicted molar refractivity (Wildman–Crippen MR) is 155 cm³/mol. The summed E-state index contributed by atoms with van der Waals surface area (Å²) in [7, 11) is -0.875. The van der Waals surface area contributed by atoms with Crippen LogP contribution in [0.2, 0.25) is 0 Å². The van der Waals surface area contributed by atoms with Gasteiger partial charge in [0.2, 0.25) is 0 Å². The molecule has 0 radical (unpaired) electrons. The Hall–Kier alpha value is -2.70. The summed E-state index contributed by atoms with van der Waals surface area (Å²) in [5.41, 5.74) is 1.91. The summed E-state index contributed by atoms with van der Waals surface area (Å²) in [4.78, 5) is 16.7. The number of rotatable bonds is 10. The number of hydrogen-bond donors (Lipinski definition) is 2. The number of carbonyl (C=O) groups is 1. The van der Waals surface area contributed by atoms with Crippen molar-refractivity contribution in [2.24, 2.45) is 0 Å². The van der Waals surface area contributed by atoms with Gasteiger partial charge < -0.3 is 19.3 Å². The number of ether oxygens (including phenoxy) is 2. The van der Waals surface area contributed by atoms with Crippen molar-refractivity contribution in [2.75, 3.05) is 38.8 Å². The maximum Gasteiger partial charge on any atom is 0.269 e. The van der Waals surface area contributed by atoms with Gasteiger partial charge in [-0.2, -0.15) is 8.42 Å². The van der Waals surface area contributed by atoms with Gasteiger partial charge in [0.05, 0.1) is 25.3 Å². The minimum atomic E-state index is -4.33. The third-order valence-corrected chi connectivity index (χ3v) is 6.92. The molecule has 0 spiro atoms. The summed E-state index contributed by atoms with van der Waals surface area (Å²) in [6.07, 6.45) is 0. The second-order valence-corrected chi connectivity index (χ2v) is 11.9. The first-order valence-electron chi connectivity index (χ1n) is 12.4. The van der Waals surface area contributed by atoms with Crippen LogP contribution in [0, 0.1) is 11.2 Å². The first-order valence-corrected chi connectivity index (χ1v) is 14.0. The zero-order valence-corrected chi connectivity index (χ0v) is 25.9. The largest absolute Gasteiger partial charge is 0.490 e. The number of amidine groups is 1. The summed E-state index contributed by atoms with van der Waals surface area (Å²) >= 11 is 0. The second-order valence-electron chi connectivity index (χ2n) is 10.4. The Balaban J connectivity index is 0.00000533. The molecule has 3 rings (SSSR count). The Bertz CT molecular complexity index is 1370. The van der Waals surface area contributed by atoms with Gasteiger partial charge in [0.1, 0.15) is 11.6 Å². The van der Waals surface area contributed by atoms with Crippen LogP contribution in [0.5, 0.6) is 11.5 Å². The van der Waals surface area contributed by atoms with E-state index in [1.54, 1.807) is 51.0 Å². The van der Waals surface area contributed by atoms with E-state index in [1.807, 2.05) is 20.8 Å². The van der Waals surface area contributed by atoms with E-state index in [2.05, 4.69) is 0 Å². The maximum atomic E-state index is 15.4. The molecule has 1 aliphatic heterocycles. The van der Waals surface area contributed by atoms with Gasteiger partial charge in [-0.15, -0.1) is 17.0 Å². The van der Waals surface area contributed by atoms with Crippen LogP contribution in [0.4, 0.5) is 10.1 Å². The SMILES string of the molecule is Br.CCOc1cc2c(c(F)c1OCC)C(=N)N(CC(=O)c1cc(N(C)C)c(CS(=O)(=O)O)c(C(C)(C)C)c1)C2. The summed E-state index contributed by atoms with van der Waals surface area (Å²) in [5.74, 6) is -1.51. The number of nitrogens with zero attached hydrogens (tertiary/aromatic N) is 2. The number of benzene rings is 2. The van der Waals surface area contributed by atoms with Gasteiger partial charge in [0.25, 0.3) is 10.1 Å². The Morgan fingerprint density at radius 3 is 2.28 bits per heavy atom. The van der Waals surface area contributed by atoms with Crippen LogP contribution in [0.3, 0.4) is 0 Å². The lowest BCUT2D eigenvalue weighted by Crippen LogP contribution is -2.31. The number of nitrogens with one attached hydrogen (secondary N) is 1. The van der Waals surface area contributed by atoms with Crippen molar-refractivity contribution in [1.82, 2.24) is 4.90 Å². The average Bonchev–Trinajstić information content (AvgIpc) is 3.09. The minimum absolute atomic E-state index is 0.